The fourth-order valence-electron chi connectivity index (χ4n) is 2.90. The van der Waals surface area contributed by atoms with E-state index in [2.05, 4.69) is 9.97 Å². The Balaban J connectivity index is 1.87. The van der Waals surface area contributed by atoms with Crippen LogP contribution in [0.2, 0.25) is 0 Å². The maximum absolute atomic E-state index is 11.9. The molecule has 3 heterocycles. The molecule has 0 saturated carbocycles. The van der Waals surface area contributed by atoms with Crippen LogP contribution in [-0.2, 0) is 4.79 Å². The Bertz CT molecular complexity index is 918. The Hall–Kier alpha value is -3.05. The number of carbonyl (C=O) groups excluding carboxylic acids is 1. The van der Waals surface area contributed by atoms with Crippen LogP contribution in [0.25, 0.3) is 11.1 Å². The van der Waals surface area contributed by atoms with Gasteiger partial charge in [-0.3, -0.25) is 4.98 Å². The van der Waals surface area contributed by atoms with Gasteiger partial charge in [-0.15, -0.1) is 11.3 Å². The van der Waals surface area contributed by atoms with Gasteiger partial charge in [0.15, 0.2) is 0 Å². The van der Waals surface area contributed by atoms with Crippen molar-refractivity contribution in [2.45, 2.75) is 6.04 Å². The first-order chi connectivity index (χ1) is 12.4. The van der Waals surface area contributed by atoms with E-state index in [1.807, 2.05) is 71.1 Å². The number of rotatable bonds is 4. The van der Waals surface area contributed by atoms with Gasteiger partial charge in [-0.1, -0.05) is 24.3 Å². The van der Waals surface area contributed by atoms with Crippen molar-refractivity contribution in [2.24, 2.45) is 0 Å². The number of hydrogen-bond donors (Lipinski definition) is 0. The van der Waals surface area contributed by atoms with Crippen LogP contribution in [0.3, 0.4) is 0 Å². The summed E-state index contributed by atoms with van der Waals surface area (Å²) in [4.78, 5) is 22.8. The summed E-state index contributed by atoms with van der Waals surface area (Å²) in [5.74, 6) is 0. The second-order valence-electron chi connectivity index (χ2n) is 5.60. The number of allylic oxidation sites excluding steroid dienone is 2. The third kappa shape index (κ3) is 3.02. The van der Waals surface area contributed by atoms with E-state index in [0.29, 0.717) is 0 Å². The molecule has 0 radical (unpaired) electrons. The lowest BCUT2D eigenvalue weighted by molar-refractivity contribution is -0.107. The molecule has 0 spiro atoms. The number of nitrogens with zero attached hydrogens (tertiary/aromatic N) is 3. The van der Waals surface area contributed by atoms with E-state index in [1.54, 1.807) is 11.7 Å². The smallest absolute Gasteiger partial charge is 0.147 e. The predicted molar refractivity (Wildman–Crippen MR) is 101 cm³/mol. The van der Waals surface area contributed by atoms with Crippen molar-refractivity contribution in [2.75, 3.05) is 4.90 Å². The molecular weight excluding hydrogens is 330 g/mol. The van der Waals surface area contributed by atoms with Gasteiger partial charge in [-0.25, -0.2) is 4.98 Å². The number of benzene rings is 1. The number of anilines is 1. The average Bonchev–Trinajstić information content (AvgIpc) is 3.23. The lowest BCUT2D eigenvalue weighted by atomic mass is 9.95. The maximum Gasteiger partial charge on any atom is 0.147 e. The lowest BCUT2D eigenvalue weighted by Crippen LogP contribution is -2.35. The lowest BCUT2D eigenvalue weighted by Gasteiger charge is -2.32. The van der Waals surface area contributed by atoms with Gasteiger partial charge in [0.05, 0.1) is 16.9 Å². The Kier molecular flexibility index (Phi) is 4.23. The summed E-state index contributed by atoms with van der Waals surface area (Å²) in [6, 6.07) is 15.3. The Labute approximate surface area is 149 Å². The van der Waals surface area contributed by atoms with Crippen molar-refractivity contribution in [3.8, 4) is 0 Å². The van der Waals surface area contributed by atoms with Crippen molar-refractivity contribution in [3.05, 3.63) is 89.3 Å². The van der Waals surface area contributed by atoms with Gasteiger partial charge in [0, 0.05) is 34.6 Å². The van der Waals surface area contributed by atoms with Crippen LogP contribution < -0.4 is 4.90 Å². The number of para-hydroxylation sites is 1. The molecule has 122 valence electrons. The molecule has 0 amide bonds. The predicted octanol–water partition coefficient (Wildman–Crippen LogP) is 4.05. The standard InChI is InChI=1S/C20H15N3OS/c24-12-20-17(19-13-25-14-22-19)10-15(18-8-4-5-9-21-18)11-23(20)16-6-2-1-3-7-16/h1-14,20H. The Morgan fingerprint density at radius 1 is 1.00 bits per heavy atom. The molecule has 1 atom stereocenters. The minimum Gasteiger partial charge on any atom is -0.333 e. The second-order valence-corrected chi connectivity index (χ2v) is 6.32. The number of carbonyl (C=O) groups is 1. The van der Waals surface area contributed by atoms with E-state index in [0.717, 1.165) is 34.5 Å². The van der Waals surface area contributed by atoms with Crippen LogP contribution in [0.1, 0.15) is 11.4 Å². The Morgan fingerprint density at radius 2 is 1.84 bits per heavy atom. The number of pyridine rings is 1. The van der Waals surface area contributed by atoms with Crippen molar-refractivity contribution in [1.82, 2.24) is 9.97 Å². The molecule has 4 rings (SSSR count). The van der Waals surface area contributed by atoms with E-state index in [-0.39, 0.29) is 0 Å². The van der Waals surface area contributed by atoms with Crippen LogP contribution in [0.4, 0.5) is 5.69 Å². The molecule has 1 aliphatic rings. The summed E-state index contributed by atoms with van der Waals surface area (Å²) >= 11 is 1.52. The molecule has 4 nitrogen and oxygen atoms in total. The van der Waals surface area contributed by atoms with Gasteiger partial charge >= 0.3 is 0 Å². The zero-order valence-corrected chi connectivity index (χ0v) is 14.1. The minimum atomic E-state index is -0.419. The van der Waals surface area contributed by atoms with Gasteiger partial charge < -0.3 is 9.69 Å². The molecule has 0 bridgehead atoms. The SMILES string of the molecule is O=CC1C(c2cscn2)=CC(c2ccccn2)=CN1c1ccccc1. The number of hydrogen-bond acceptors (Lipinski definition) is 5. The Morgan fingerprint density at radius 3 is 2.52 bits per heavy atom. The van der Waals surface area contributed by atoms with Crippen LogP contribution in [0, 0.1) is 0 Å². The number of aldehydes is 1. The van der Waals surface area contributed by atoms with Gasteiger partial charge in [-0.05, 0) is 30.3 Å². The first kappa shape index (κ1) is 15.5. The highest BCUT2D eigenvalue weighted by molar-refractivity contribution is 7.07. The highest BCUT2D eigenvalue weighted by Crippen LogP contribution is 2.34. The summed E-state index contributed by atoms with van der Waals surface area (Å²) in [5.41, 5.74) is 6.25. The topological polar surface area (TPSA) is 46.1 Å². The summed E-state index contributed by atoms with van der Waals surface area (Å²) in [6.07, 6.45) is 6.72. The fourth-order valence-corrected chi connectivity index (χ4v) is 3.46. The third-order valence-corrected chi connectivity index (χ3v) is 4.67. The number of aromatic nitrogens is 2. The summed E-state index contributed by atoms with van der Waals surface area (Å²) < 4.78 is 0. The highest BCUT2D eigenvalue weighted by atomic mass is 32.1. The monoisotopic (exact) mass is 345 g/mol. The quantitative estimate of drug-likeness (QED) is 0.669. The van der Waals surface area contributed by atoms with Gasteiger partial charge in [0.25, 0.3) is 0 Å². The molecule has 0 aliphatic carbocycles. The summed E-state index contributed by atoms with van der Waals surface area (Å²) in [5, 5.41) is 1.97. The molecule has 0 saturated heterocycles. The molecule has 0 N–H and O–H groups in total. The first-order valence-corrected chi connectivity index (χ1v) is 8.83. The van der Waals surface area contributed by atoms with Crippen LogP contribution in [0.5, 0.6) is 0 Å². The van der Waals surface area contributed by atoms with Crippen LogP contribution >= 0.6 is 11.3 Å². The normalized spacial score (nSPS) is 17.0. The second kappa shape index (κ2) is 6.83. The molecule has 2 aromatic heterocycles. The fraction of sp³-hybridized carbons (Fsp3) is 0.0500. The number of thiazole rings is 1. The third-order valence-electron chi connectivity index (χ3n) is 4.08. The first-order valence-electron chi connectivity index (χ1n) is 7.89. The minimum absolute atomic E-state index is 0.419. The molecule has 1 aromatic carbocycles. The van der Waals surface area contributed by atoms with E-state index in [1.165, 1.54) is 11.3 Å². The van der Waals surface area contributed by atoms with Crippen molar-refractivity contribution >= 4 is 34.5 Å². The maximum atomic E-state index is 11.9. The molecule has 25 heavy (non-hydrogen) atoms. The molecule has 1 unspecified atom stereocenters. The molecule has 0 fully saturated rings. The van der Waals surface area contributed by atoms with Gasteiger partial charge in [0.2, 0.25) is 0 Å². The zero-order valence-electron chi connectivity index (χ0n) is 13.3. The van der Waals surface area contributed by atoms with E-state index in [4.69, 9.17) is 0 Å². The van der Waals surface area contributed by atoms with Crippen molar-refractivity contribution in [1.29, 1.82) is 0 Å². The highest BCUT2D eigenvalue weighted by Gasteiger charge is 2.28. The van der Waals surface area contributed by atoms with E-state index in [9.17, 15) is 4.79 Å². The van der Waals surface area contributed by atoms with Crippen LogP contribution in [-0.4, -0.2) is 22.3 Å². The molecular formula is C20H15N3OS. The van der Waals surface area contributed by atoms with Crippen molar-refractivity contribution in [3.63, 3.8) is 0 Å². The average molecular weight is 345 g/mol. The van der Waals surface area contributed by atoms with E-state index >= 15 is 0 Å². The van der Waals surface area contributed by atoms with E-state index < -0.39 is 6.04 Å². The van der Waals surface area contributed by atoms with Gasteiger partial charge in [0.1, 0.15) is 12.3 Å². The van der Waals surface area contributed by atoms with Crippen molar-refractivity contribution < 1.29 is 4.79 Å². The molecule has 5 heteroatoms. The largest absolute Gasteiger partial charge is 0.333 e. The summed E-state index contributed by atoms with van der Waals surface area (Å²) in [6.45, 7) is 0. The van der Waals surface area contributed by atoms with Gasteiger partial charge in [-0.2, -0.15) is 0 Å². The summed E-state index contributed by atoms with van der Waals surface area (Å²) in [7, 11) is 0. The van der Waals surface area contributed by atoms with Crippen LogP contribution in [0.15, 0.2) is 77.9 Å². The molecule has 3 aromatic rings. The zero-order chi connectivity index (χ0) is 17.1. The molecule has 1 aliphatic heterocycles.